The van der Waals surface area contributed by atoms with Gasteiger partial charge >= 0.3 is 29.8 Å². The van der Waals surface area contributed by atoms with Gasteiger partial charge in [-0.15, -0.1) is 0 Å². The van der Waals surface area contributed by atoms with Crippen LogP contribution in [0.3, 0.4) is 0 Å². The number of benzene rings is 1. The summed E-state index contributed by atoms with van der Waals surface area (Å²) in [5.74, 6) is -3.11. The lowest BCUT2D eigenvalue weighted by molar-refractivity contribution is -0.288. The van der Waals surface area contributed by atoms with Crippen molar-refractivity contribution in [3.8, 4) is 5.75 Å². The summed E-state index contributed by atoms with van der Waals surface area (Å²) in [5.41, 5.74) is 1.04. The zero-order valence-electron chi connectivity index (χ0n) is 22.8. The number of ether oxygens (including phenoxy) is 7. The third-order valence-corrected chi connectivity index (χ3v) is 5.73. The first-order valence-electron chi connectivity index (χ1n) is 12.6. The number of carbonyl (C=O) groups excluding carboxylic acids is 5. The van der Waals surface area contributed by atoms with E-state index in [1.54, 1.807) is 25.1 Å². The van der Waals surface area contributed by atoms with Crippen molar-refractivity contribution in [3.05, 3.63) is 30.0 Å². The quantitative estimate of drug-likeness (QED) is 0.289. The number of hydrogen-bond donors (Lipinski definition) is 0. The van der Waals surface area contributed by atoms with Crippen LogP contribution in [0.4, 0.5) is 0 Å². The Kier molecular flexibility index (Phi) is 10.5. The third-order valence-electron chi connectivity index (χ3n) is 5.73. The van der Waals surface area contributed by atoms with E-state index < -0.39 is 67.2 Å². The monoisotopic (exact) mass is 564 g/mol. The Morgan fingerprint density at radius 1 is 0.825 bits per heavy atom. The van der Waals surface area contributed by atoms with Crippen molar-refractivity contribution in [1.82, 2.24) is 0 Å². The number of esters is 5. The molecule has 3 rings (SSSR count). The summed E-state index contributed by atoms with van der Waals surface area (Å²) in [6.07, 6.45) is -4.98. The molecule has 0 spiro atoms. The largest absolute Gasteiger partial charge is 0.466 e. The molecule has 1 fully saturated rings. The lowest BCUT2D eigenvalue weighted by atomic mass is 9.98. The summed E-state index contributed by atoms with van der Waals surface area (Å²) < 4.78 is 44.1. The summed E-state index contributed by atoms with van der Waals surface area (Å²) >= 11 is 0. The van der Waals surface area contributed by atoms with Crippen LogP contribution in [0.5, 0.6) is 5.75 Å². The summed E-state index contributed by atoms with van der Waals surface area (Å²) in [4.78, 5) is 59.7. The minimum atomic E-state index is -1.44. The summed E-state index contributed by atoms with van der Waals surface area (Å²) in [7, 11) is 0. The van der Waals surface area contributed by atoms with E-state index in [9.17, 15) is 24.0 Å². The molecule has 1 aromatic heterocycles. The summed E-state index contributed by atoms with van der Waals surface area (Å²) in [6, 6.07) is 5.07. The molecular formula is C27H32O13. The summed E-state index contributed by atoms with van der Waals surface area (Å²) in [6.45, 7) is 6.10. The molecule has 1 aromatic carbocycles. The van der Waals surface area contributed by atoms with Crippen molar-refractivity contribution in [2.24, 2.45) is 0 Å². The van der Waals surface area contributed by atoms with Crippen molar-refractivity contribution >= 4 is 40.8 Å². The minimum absolute atomic E-state index is 0.0477. The number of hydrogen-bond acceptors (Lipinski definition) is 13. The molecule has 1 saturated heterocycles. The molecular weight excluding hydrogens is 532 g/mol. The highest BCUT2D eigenvalue weighted by Gasteiger charge is 2.53. The lowest BCUT2D eigenvalue weighted by Gasteiger charge is -2.44. The highest BCUT2D eigenvalue weighted by Crippen LogP contribution is 2.34. The van der Waals surface area contributed by atoms with Crippen LogP contribution in [0, 0.1) is 0 Å². The van der Waals surface area contributed by atoms with E-state index in [0.717, 1.165) is 26.2 Å². The van der Waals surface area contributed by atoms with Crippen LogP contribution < -0.4 is 4.74 Å². The van der Waals surface area contributed by atoms with Crippen LogP contribution in [-0.2, 0) is 58.8 Å². The maximum absolute atomic E-state index is 12.1. The zero-order chi connectivity index (χ0) is 29.4. The first kappa shape index (κ1) is 30.4. The molecule has 2 heterocycles. The molecule has 0 bridgehead atoms. The fraction of sp³-hybridized carbons (Fsp3) is 0.519. The molecule has 2 aromatic rings. The van der Waals surface area contributed by atoms with Gasteiger partial charge in [0.25, 0.3) is 0 Å². The third kappa shape index (κ3) is 8.18. The van der Waals surface area contributed by atoms with E-state index >= 15 is 0 Å². The smallest absolute Gasteiger partial charge is 0.306 e. The van der Waals surface area contributed by atoms with Gasteiger partial charge in [0.05, 0.1) is 12.9 Å². The van der Waals surface area contributed by atoms with Crippen LogP contribution >= 0.6 is 0 Å². The first-order chi connectivity index (χ1) is 19.0. The highest BCUT2D eigenvalue weighted by molar-refractivity contribution is 5.80. The average molecular weight is 565 g/mol. The maximum Gasteiger partial charge on any atom is 0.306 e. The Hall–Kier alpha value is -4.13. The molecule has 0 N–H and O–H groups in total. The SMILES string of the molecule is CCOC(=O)CCc1cc2ccoc2cc1OC1OC(COC(C)=O)C(OC(C)=O)C(OC(C)=O)C1OC(C)=O. The fourth-order valence-corrected chi connectivity index (χ4v) is 4.22. The van der Waals surface area contributed by atoms with Gasteiger partial charge in [-0.3, -0.25) is 24.0 Å². The molecule has 13 nitrogen and oxygen atoms in total. The van der Waals surface area contributed by atoms with Crippen LogP contribution in [0.15, 0.2) is 28.9 Å². The normalized spacial score (nSPS) is 22.2. The molecule has 1 aliphatic rings. The second-order valence-electron chi connectivity index (χ2n) is 8.91. The zero-order valence-corrected chi connectivity index (χ0v) is 22.8. The van der Waals surface area contributed by atoms with Crippen LogP contribution in [0.25, 0.3) is 11.0 Å². The fourth-order valence-electron chi connectivity index (χ4n) is 4.22. The molecule has 218 valence electrons. The van der Waals surface area contributed by atoms with Gasteiger partial charge in [-0.2, -0.15) is 0 Å². The molecule has 0 saturated carbocycles. The van der Waals surface area contributed by atoms with E-state index in [4.69, 9.17) is 37.6 Å². The molecule has 40 heavy (non-hydrogen) atoms. The number of carbonyl (C=O) groups is 5. The van der Waals surface area contributed by atoms with E-state index in [1.807, 2.05) is 0 Å². The maximum atomic E-state index is 12.1. The second-order valence-corrected chi connectivity index (χ2v) is 8.91. The van der Waals surface area contributed by atoms with Crippen molar-refractivity contribution in [2.75, 3.05) is 13.2 Å². The van der Waals surface area contributed by atoms with Gasteiger partial charge in [-0.05, 0) is 31.0 Å². The van der Waals surface area contributed by atoms with Gasteiger partial charge in [-0.25, -0.2) is 0 Å². The molecule has 5 unspecified atom stereocenters. The number of fused-ring (bicyclic) bond motifs is 1. The van der Waals surface area contributed by atoms with Crippen LogP contribution in [-0.4, -0.2) is 73.8 Å². The molecule has 1 aliphatic heterocycles. The van der Waals surface area contributed by atoms with E-state index in [-0.39, 0.29) is 25.2 Å². The van der Waals surface area contributed by atoms with E-state index in [0.29, 0.717) is 11.1 Å². The van der Waals surface area contributed by atoms with Gasteiger partial charge in [0, 0.05) is 45.6 Å². The Morgan fingerprint density at radius 3 is 2.10 bits per heavy atom. The molecule has 5 atom stereocenters. The Morgan fingerprint density at radius 2 is 1.48 bits per heavy atom. The van der Waals surface area contributed by atoms with Crippen molar-refractivity contribution in [2.45, 2.75) is 78.2 Å². The van der Waals surface area contributed by atoms with Gasteiger partial charge in [-0.1, -0.05) is 0 Å². The molecule has 0 radical (unpaired) electrons. The second kappa shape index (κ2) is 13.8. The Balaban J connectivity index is 2.03. The van der Waals surface area contributed by atoms with Gasteiger partial charge in [0.1, 0.15) is 24.0 Å². The van der Waals surface area contributed by atoms with E-state index in [1.165, 1.54) is 13.2 Å². The van der Waals surface area contributed by atoms with Crippen LogP contribution in [0.2, 0.25) is 0 Å². The molecule has 13 heteroatoms. The van der Waals surface area contributed by atoms with Crippen molar-refractivity contribution < 1.29 is 61.5 Å². The highest BCUT2D eigenvalue weighted by atomic mass is 16.7. The molecule has 0 amide bonds. The van der Waals surface area contributed by atoms with E-state index in [2.05, 4.69) is 0 Å². The van der Waals surface area contributed by atoms with Gasteiger partial charge in [0.15, 0.2) is 12.2 Å². The van der Waals surface area contributed by atoms with Crippen molar-refractivity contribution in [1.29, 1.82) is 0 Å². The lowest BCUT2D eigenvalue weighted by Crippen LogP contribution is -2.63. The van der Waals surface area contributed by atoms with Gasteiger partial charge in [0.2, 0.25) is 12.4 Å². The molecule has 0 aliphatic carbocycles. The minimum Gasteiger partial charge on any atom is -0.466 e. The van der Waals surface area contributed by atoms with Crippen LogP contribution in [0.1, 0.15) is 46.6 Å². The number of furan rings is 1. The predicted molar refractivity (Wildman–Crippen MR) is 134 cm³/mol. The standard InChI is InChI=1S/C27H32O13/c1-6-33-23(32)8-7-18-11-19-9-10-34-20(19)12-21(18)39-27-26(38-17(5)31)25(37-16(4)30)24(36-15(3)29)22(40-27)13-35-14(2)28/h9-12,22,24-27H,6-8,13H2,1-5H3. The first-order valence-corrected chi connectivity index (χ1v) is 12.6. The Labute approximate surface area is 229 Å². The number of rotatable bonds is 11. The van der Waals surface area contributed by atoms with Gasteiger partial charge < -0.3 is 37.6 Å². The van der Waals surface area contributed by atoms with Crippen molar-refractivity contribution in [3.63, 3.8) is 0 Å². The Bertz CT molecular complexity index is 1230. The average Bonchev–Trinajstić information content (AvgIpc) is 3.31. The number of aryl methyl sites for hydroxylation is 1. The topological polar surface area (TPSA) is 163 Å². The summed E-state index contributed by atoms with van der Waals surface area (Å²) in [5, 5.41) is 0.743. The predicted octanol–water partition coefficient (Wildman–Crippen LogP) is 2.39.